The largest absolute Gasteiger partial charge is 0.369 e. The van der Waals surface area contributed by atoms with Gasteiger partial charge >= 0.3 is 0 Å². The molecule has 0 aromatic carbocycles. The third-order valence-corrected chi connectivity index (χ3v) is 2.23. The van der Waals surface area contributed by atoms with Crippen LogP contribution in [0.25, 0.3) is 0 Å². The number of nitrogens with one attached hydrogen (secondary N) is 1. The highest BCUT2D eigenvalue weighted by Gasteiger charge is 2.31. The van der Waals surface area contributed by atoms with Crippen LogP contribution in [-0.4, -0.2) is 18.5 Å². The zero-order valence-electron chi connectivity index (χ0n) is 10.7. The van der Waals surface area contributed by atoms with Crippen LogP contribution in [0.1, 0.15) is 48.0 Å². The molecule has 0 bridgehead atoms. The van der Waals surface area contributed by atoms with Crippen LogP contribution in [0.5, 0.6) is 0 Å². The molecule has 3 N–H and O–H groups in total. The lowest BCUT2D eigenvalue weighted by Crippen LogP contribution is -2.44. The number of hydrogen-bond acceptors (Lipinski definition) is 2. The van der Waals surface area contributed by atoms with Crippen LogP contribution >= 0.6 is 0 Å². The SMILES string of the molecule is CC.CNC(C)(C)CC(C)(C)C(N)=O. The van der Waals surface area contributed by atoms with Gasteiger partial charge in [0.2, 0.25) is 5.91 Å². The number of hydrogen-bond donors (Lipinski definition) is 2. The molecule has 0 aromatic heterocycles. The molecule has 0 fully saturated rings. The van der Waals surface area contributed by atoms with Gasteiger partial charge in [-0.25, -0.2) is 0 Å². The Morgan fingerprint density at radius 3 is 1.79 bits per heavy atom. The molecule has 86 valence electrons. The maximum absolute atomic E-state index is 11.0. The molecule has 0 saturated heterocycles. The highest BCUT2D eigenvalue weighted by molar-refractivity contribution is 5.80. The standard InChI is InChI=1S/C9H20N2O.C2H6/c1-8(2,7(10)12)6-9(3,4)11-5;1-2/h11H,6H2,1-5H3,(H2,10,12);1-2H3. The molecule has 0 rings (SSSR count). The smallest absolute Gasteiger partial charge is 0.223 e. The third-order valence-electron chi connectivity index (χ3n) is 2.23. The molecule has 0 heterocycles. The first kappa shape index (κ1) is 15.9. The van der Waals surface area contributed by atoms with Crippen molar-refractivity contribution < 1.29 is 4.79 Å². The molecule has 0 spiro atoms. The number of carbonyl (C=O) groups excluding carboxylic acids is 1. The van der Waals surface area contributed by atoms with Crippen molar-refractivity contribution in [3.63, 3.8) is 0 Å². The van der Waals surface area contributed by atoms with E-state index in [0.717, 1.165) is 6.42 Å². The third kappa shape index (κ3) is 5.97. The lowest BCUT2D eigenvalue weighted by atomic mass is 9.79. The van der Waals surface area contributed by atoms with Crippen molar-refractivity contribution in [2.24, 2.45) is 11.1 Å². The van der Waals surface area contributed by atoms with E-state index in [2.05, 4.69) is 19.2 Å². The number of primary amides is 1. The van der Waals surface area contributed by atoms with Gasteiger partial charge in [-0.15, -0.1) is 0 Å². The van der Waals surface area contributed by atoms with Gasteiger partial charge in [-0.1, -0.05) is 27.7 Å². The summed E-state index contributed by atoms with van der Waals surface area (Å²) < 4.78 is 0. The van der Waals surface area contributed by atoms with Crippen LogP contribution in [0.15, 0.2) is 0 Å². The van der Waals surface area contributed by atoms with Gasteiger partial charge in [-0.3, -0.25) is 4.79 Å². The summed E-state index contributed by atoms with van der Waals surface area (Å²) in [6, 6.07) is 0. The zero-order valence-corrected chi connectivity index (χ0v) is 10.7. The average Bonchev–Trinajstić information content (AvgIpc) is 2.06. The zero-order chi connectivity index (χ0) is 12.0. The highest BCUT2D eigenvalue weighted by atomic mass is 16.1. The average molecular weight is 202 g/mol. The van der Waals surface area contributed by atoms with E-state index in [0.29, 0.717) is 0 Å². The Balaban J connectivity index is 0. The summed E-state index contributed by atoms with van der Waals surface area (Å²) in [6.07, 6.45) is 0.742. The van der Waals surface area contributed by atoms with Gasteiger partial charge in [0.1, 0.15) is 0 Å². The molecule has 14 heavy (non-hydrogen) atoms. The monoisotopic (exact) mass is 202 g/mol. The fourth-order valence-corrected chi connectivity index (χ4v) is 1.28. The van der Waals surface area contributed by atoms with E-state index in [-0.39, 0.29) is 11.4 Å². The van der Waals surface area contributed by atoms with E-state index < -0.39 is 5.41 Å². The van der Waals surface area contributed by atoms with Crippen molar-refractivity contribution in [2.45, 2.75) is 53.5 Å². The number of rotatable bonds is 4. The summed E-state index contributed by atoms with van der Waals surface area (Å²) in [5.74, 6) is -0.245. The second-order valence-corrected chi connectivity index (χ2v) is 4.56. The predicted molar refractivity (Wildman–Crippen MR) is 62.1 cm³/mol. The van der Waals surface area contributed by atoms with Crippen molar-refractivity contribution in [1.29, 1.82) is 0 Å². The van der Waals surface area contributed by atoms with Crippen LogP contribution in [0.2, 0.25) is 0 Å². The van der Waals surface area contributed by atoms with Gasteiger partial charge in [0.15, 0.2) is 0 Å². The van der Waals surface area contributed by atoms with Crippen LogP contribution < -0.4 is 11.1 Å². The Labute approximate surface area is 88.4 Å². The molecular formula is C11H26N2O. The summed E-state index contributed by atoms with van der Waals surface area (Å²) in [4.78, 5) is 11.0. The summed E-state index contributed by atoms with van der Waals surface area (Å²) in [6.45, 7) is 11.8. The summed E-state index contributed by atoms with van der Waals surface area (Å²) in [5, 5.41) is 3.14. The Hall–Kier alpha value is -0.570. The molecule has 0 aromatic rings. The Morgan fingerprint density at radius 2 is 1.57 bits per heavy atom. The molecule has 3 heteroatoms. The van der Waals surface area contributed by atoms with Crippen molar-refractivity contribution in [2.75, 3.05) is 7.05 Å². The van der Waals surface area contributed by atoms with E-state index in [1.165, 1.54) is 0 Å². The molecule has 0 aliphatic rings. The van der Waals surface area contributed by atoms with E-state index in [1.54, 1.807) is 0 Å². The van der Waals surface area contributed by atoms with E-state index >= 15 is 0 Å². The van der Waals surface area contributed by atoms with Gasteiger partial charge in [0, 0.05) is 11.0 Å². The van der Waals surface area contributed by atoms with E-state index in [4.69, 9.17) is 5.73 Å². The highest BCUT2D eigenvalue weighted by Crippen LogP contribution is 2.26. The van der Waals surface area contributed by atoms with Crippen molar-refractivity contribution in [3.8, 4) is 0 Å². The first-order valence-corrected chi connectivity index (χ1v) is 5.20. The molecule has 0 atom stereocenters. The quantitative estimate of drug-likeness (QED) is 0.731. The van der Waals surface area contributed by atoms with E-state index in [1.807, 2.05) is 34.7 Å². The minimum atomic E-state index is -0.438. The number of carbonyl (C=O) groups is 1. The van der Waals surface area contributed by atoms with E-state index in [9.17, 15) is 4.79 Å². The first-order chi connectivity index (χ1) is 6.21. The summed E-state index contributed by atoms with van der Waals surface area (Å²) in [7, 11) is 1.89. The Morgan fingerprint density at radius 1 is 1.21 bits per heavy atom. The van der Waals surface area contributed by atoms with Crippen LogP contribution in [-0.2, 0) is 4.79 Å². The Kier molecular flexibility index (Phi) is 6.82. The molecule has 3 nitrogen and oxygen atoms in total. The minimum absolute atomic E-state index is 0.0431. The minimum Gasteiger partial charge on any atom is -0.369 e. The molecule has 1 amide bonds. The second-order valence-electron chi connectivity index (χ2n) is 4.56. The van der Waals surface area contributed by atoms with Crippen molar-refractivity contribution in [3.05, 3.63) is 0 Å². The van der Waals surface area contributed by atoms with Gasteiger partial charge in [0.25, 0.3) is 0 Å². The van der Waals surface area contributed by atoms with Gasteiger partial charge in [0.05, 0.1) is 0 Å². The van der Waals surface area contributed by atoms with Crippen LogP contribution in [0, 0.1) is 5.41 Å². The van der Waals surface area contributed by atoms with Gasteiger partial charge in [-0.05, 0) is 27.3 Å². The topological polar surface area (TPSA) is 55.1 Å². The van der Waals surface area contributed by atoms with Gasteiger partial charge < -0.3 is 11.1 Å². The van der Waals surface area contributed by atoms with Crippen molar-refractivity contribution in [1.82, 2.24) is 5.32 Å². The lowest BCUT2D eigenvalue weighted by molar-refractivity contribution is -0.127. The van der Waals surface area contributed by atoms with Crippen LogP contribution in [0.4, 0.5) is 0 Å². The van der Waals surface area contributed by atoms with Gasteiger partial charge in [-0.2, -0.15) is 0 Å². The summed E-state index contributed by atoms with van der Waals surface area (Å²) >= 11 is 0. The van der Waals surface area contributed by atoms with Crippen LogP contribution in [0.3, 0.4) is 0 Å². The lowest BCUT2D eigenvalue weighted by Gasteiger charge is -2.32. The Bertz CT molecular complexity index is 174. The maximum Gasteiger partial charge on any atom is 0.223 e. The fourth-order valence-electron chi connectivity index (χ4n) is 1.28. The molecular weight excluding hydrogens is 176 g/mol. The van der Waals surface area contributed by atoms with Crippen molar-refractivity contribution >= 4 is 5.91 Å². The second kappa shape index (κ2) is 6.02. The normalized spacial score (nSPS) is 11.6. The molecule has 0 aliphatic heterocycles. The molecule has 0 radical (unpaired) electrons. The molecule has 0 saturated carbocycles. The molecule has 0 unspecified atom stereocenters. The number of nitrogens with two attached hydrogens (primary N) is 1. The maximum atomic E-state index is 11.0. The molecule has 0 aliphatic carbocycles. The first-order valence-electron chi connectivity index (χ1n) is 5.20. The number of amides is 1. The summed E-state index contributed by atoms with van der Waals surface area (Å²) in [5.41, 5.74) is 4.78. The fraction of sp³-hybridized carbons (Fsp3) is 0.909. The predicted octanol–water partition coefficient (Wildman–Crippen LogP) is 1.91.